The summed E-state index contributed by atoms with van der Waals surface area (Å²) in [6.07, 6.45) is 75.7. The maximum atomic E-state index is 12.8. The zero-order valence-electron chi connectivity index (χ0n) is 43.4. The Bertz CT molecular complexity index is 1270. The molecule has 0 aliphatic rings. The van der Waals surface area contributed by atoms with E-state index >= 15 is 0 Å². The Morgan fingerprint density at radius 2 is 0.682 bits per heavy atom. The van der Waals surface area contributed by atoms with E-state index in [4.69, 9.17) is 14.2 Å². The summed E-state index contributed by atoms with van der Waals surface area (Å²) in [6.45, 7) is 7.61. The minimum absolute atomic E-state index is 0.0521. The van der Waals surface area contributed by atoms with E-state index in [-0.39, 0.29) is 25.2 Å². The smallest absolute Gasteiger partial charge is 0.306 e. The van der Waals surface area contributed by atoms with E-state index in [1.807, 2.05) is 0 Å². The summed E-state index contributed by atoms with van der Waals surface area (Å²) in [5.74, 6) is -0.461. The van der Waals surface area contributed by atoms with Crippen LogP contribution in [0.25, 0.3) is 0 Å². The van der Waals surface area contributed by atoms with Gasteiger partial charge in [-0.05, 0) is 122 Å². The monoisotopic (exact) mass is 917 g/mol. The number of hydrogen-bond donors (Lipinski definition) is 0. The first-order chi connectivity index (χ1) is 32.6. The molecule has 0 saturated carbocycles. The van der Waals surface area contributed by atoms with Crippen LogP contribution >= 0.6 is 0 Å². The van der Waals surface area contributed by atoms with Gasteiger partial charge in [0.05, 0.1) is 6.61 Å². The molecule has 0 heterocycles. The Hall–Kier alpha value is -3.18. The molecule has 0 aromatic heterocycles. The maximum Gasteiger partial charge on any atom is 0.306 e. The van der Waals surface area contributed by atoms with Gasteiger partial charge in [0.25, 0.3) is 0 Å². The average Bonchev–Trinajstić information content (AvgIpc) is 3.32. The van der Waals surface area contributed by atoms with Gasteiger partial charge < -0.3 is 14.2 Å². The third-order valence-corrected chi connectivity index (χ3v) is 11.6. The fourth-order valence-electron chi connectivity index (χ4n) is 7.44. The van der Waals surface area contributed by atoms with Crippen molar-refractivity contribution in [3.8, 4) is 0 Å². The van der Waals surface area contributed by atoms with Crippen molar-refractivity contribution in [2.45, 2.75) is 258 Å². The lowest BCUT2D eigenvalue weighted by Gasteiger charge is -2.18. The Morgan fingerprint density at radius 3 is 1.17 bits per heavy atom. The van der Waals surface area contributed by atoms with E-state index in [1.165, 1.54) is 122 Å². The van der Waals surface area contributed by atoms with Crippen LogP contribution in [0.2, 0.25) is 0 Å². The van der Waals surface area contributed by atoms with Gasteiger partial charge in [-0.25, -0.2) is 0 Å². The number of carbonyl (C=O) groups excluding carboxylic acids is 2. The van der Waals surface area contributed by atoms with Crippen molar-refractivity contribution in [2.24, 2.45) is 0 Å². The van der Waals surface area contributed by atoms with Crippen molar-refractivity contribution in [1.29, 1.82) is 0 Å². The molecule has 378 valence electrons. The molecule has 0 aliphatic heterocycles. The van der Waals surface area contributed by atoms with Crippen LogP contribution in [0.1, 0.15) is 252 Å². The molecular weight excluding hydrogens is 813 g/mol. The topological polar surface area (TPSA) is 61.8 Å². The van der Waals surface area contributed by atoms with Crippen LogP contribution in [-0.4, -0.2) is 37.9 Å². The molecule has 0 fully saturated rings. The van der Waals surface area contributed by atoms with Gasteiger partial charge in [-0.3, -0.25) is 9.59 Å². The molecule has 0 rings (SSSR count). The summed E-state index contributed by atoms with van der Waals surface area (Å²) in [4.78, 5) is 25.4. The molecule has 1 unspecified atom stereocenters. The standard InChI is InChI=1S/C61H104O5/c1-4-7-10-13-16-19-22-25-28-29-30-31-32-35-38-41-44-47-50-53-56-64-57-59(66-61(63)55-52-49-46-43-40-37-34-27-24-21-18-15-12-9-6-3)58-65-60(62)54-51-48-45-42-39-36-33-26-23-20-17-14-11-8-5-2/h8,11,16-17,19-20,25-28,30-31,33-34,39,42,59H,4-7,9-10,12-15,18,21-24,29,32,35-38,40-41,43-58H2,1-3H3/b11-8-,19-16-,20-17-,28-25-,31-30-,33-26-,34-27-,42-39-. The van der Waals surface area contributed by atoms with E-state index in [1.54, 1.807) is 0 Å². The Morgan fingerprint density at radius 1 is 0.348 bits per heavy atom. The highest BCUT2D eigenvalue weighted by Crippen LogP contribution is 2.13. The number of hydrogen-bond acceptors (Lipinski definition) is 5. The van der Waals surface area contributed by atoms with Gasteiger partial charge in [-0.1, -0.05) is 214 Å². The normalized spacial score (nSPS) is 13.0. The summed E-state index contributed by atoms with van der Waals surface area (Å²) in [7, 11) is 0. The van der Waals surface area contributed by atoms with Crippen molar-refractivity contribution in [3.05, 3.63) is 97.2 Å². The molecule has 5 nitrogen and oxygen atoms in total. The van der Waals surface area contributed by atoms with Crippen molar-refractivity contribution in [2.75, 3.05) is 19.8 Å². The van der Waals surface area contributed by atoms with Gasteiger partial charge >= 0.3 is 11.9 Å². The maximum absolute atomic E-state index is 12.8. The average molecular weight is 917 g/mol. The van der Waals surface area contributed by atoms with Gasteiger partial charge in [0.15, 0.2) is 6.10 Å². The first-order valence-corrected chi connectivity index (χ1v) is 27.8. The van der Waals surface area contributed by atoms with Crippen LogP contribution < -0.4 is 0 Å². The van der Waals surface area contributed by atoms with Crippen molar-refractivity contribution >= 4 is 11.9 Å². The van der Waals surface area contributed by atoms with Crippen LogP contribution in [0.15, 0.2) is 97.2 Å². The van der Waals surface area contributed by atoms with Gasteiger partial charge in [0.2, 0.25) is 0 Å². The number of allylic oxidation sites excluding steroid dienone is 16. The molecule has 1 atom stereocenters. The van der Waals surface area contributed by atoms with Crippen molar-refractivity contribution in [3.63, 3.8) is 0 Å². The van der Waals surface area contributed by atoms with E-state index < -0.39 is 6.10 Å². The number of carbonyl (C=O) groups is 2. The molecule has 5 heteroatoms. The van der Waals surface area contributed by atoms with Crippen LogP contribution in [0.5, 0.6) is 0 Å². The molecular formula is C61H104O5. The Labute approximate surface area is 409 Å². The lowest BCUT2D eigenvalue weighted by Crippen LogP contribution is -2.30. The summed E-state index contributed by atoms with van der Waals surface area (Å²) in [5, 5.41) is 0. The Kier molecular flexibility index (Phi) is 53.4. The fraction of sp³-hybridized carbons (Fsp3) is 0.705. The van der Waals surface area contributed by atoms with E-state index in [0.29, 0.717) is 19.4 Å². The van der Waals surface area contributed by atoms with Gasteiger partial charge in [0.1, 0.15) is 6.61 Å². The molecule has 0 aliphatic carbocycles. The number of ether oxygens (including phenoxy) is 3. The highest BCUT2D eigenvalue weighted by atomic mass is 16.6. The number of unbranched alkanes of at least 4 members (excludes halogenated alkanes) is 23. The molecule has 0 radical (unpaired) electrons. The molecule has 66 heavy (non-hydrogen) atoms. The molecule has 0 bridgehead atoms. The highest BCUT2D eigenvalue weighted by Gasteiger charge is 2.17. The Balaban J connectivity index is 4.36. The van der Waals surface area contributed by atoms with Crippen LogP contribution in [0, 0.1) is 0 Å². The van der Waals surface area contributed by atoms with Crippen molar-refractivity contribution in [1.82, 2.24) is 0 Å². The third kappa shape index (κ3) is 53.4. The lowest BCUT2D eigenvalue weighted by molar-refractivity contribution is -0.163. The highest BCUT2D eigenvalue weighted by molar-refractivity contribution is 5.70. The van der Waals surface area contributed by atoms with Crippen LogP contribution in [-0.2, 0) is 23.8 Å². The molecule has 0 N–H and O–H groups in total. The van der Waals surface area contributed by atoms with E-state index in [9.17, 15) is 9.59 Å². The predicted molar refractivity (Wildman–Crippen MR) is 288 cm³/mol. The van der Waals surface area contributed by atoms with Crippen LogP contribution in [0.4, 0.5) is 0 Å². The predicted octanol–water partition coefficient (Wildman–Crippen LogP) is 19.0. The van der Waals surface area contributed by atoms with Gasteiger partial charge in [-0.2, -0.15) is 0 Å². The zero-order chi connectivity index (χ0) is 47.7. The SMILES string of the molecule is CC/C=C\C/C=C\C/C=C\C/C=C\CCCCC(=O)OCC(COCCCCCCCCC/C=C\C/C=C\C/C=C\CCCCC)OC(=O)CCCCCCC/C=C\CCCCCCCC. The first-order valence-electron chi connectivity index (χ1n) is 27.8. The summed E-state index contributed by atoms with van der Waals surface area (Å²) in [5.41, 5.74) is 0. The molecule has 0 aromatic rings. The second-order valence-corrected chi connectivity index (χ2v) is 18.1. The van der Waals surface area contributed by atoms with Crippen LogP contribution in [0.3, 0.4) is 0 Å². The number of esters is 2. The molecule has 0 amide bonds. The van der Waals surface area contributed by atoms with E-state index in [0.717, 1.165) is 96.3 Å². The second-order valence-electron chi connectivity index (χ2n) is 18.1. The summed E-state index contributed by atoms with van der Waals surface area (Å²) in [6, 6.07) is 0. The number of rotatable bonds is 50. The lowest BCUT2D eigenvalue weighted by atomic mass is 10.1. The first kappa shape index (κ1) is 62.8. The molecule has 0 aromatic carbocycles. The largest absolute Gasteiger partial charge is 0.462 e. The minimum Gasteiger partial charge on any atom is -0.462 e. The minimum atomic E-state index is -0.568. The summed E-state index contributed by atoms with van der Waals surface area (Å²) < 4.78 is 17.4. The van der Waals surface area contributed by atoms with Gasteiger partial charge in [-0.15, -0.1) is 0 Å². The third-order valence-electron chi connectivity index (χ3n) is 11.6. The molecule has 0 spiro atoms. The summed E-state index contributed by atoms with van der Waals surface area (Å²) >= 11 is 0. The zero-order valence-corrected chi connectivity index (χ0v) is 43.4. The molecule has 0 saturated heterocycles. The quantitative estimate of drug-likeness (QED) is 0.0346. The second kappa shape index (κ2) is 56.1. The van der Waals surface area contributed by atoms with E-state index in [2.05, 4.69) is 118 Å². The van der Waals surface area contributed by atoms with Gasteiger partial charge in [0, 0.05) is 19.4 Å². The fourth-order valence-corrected chi connectivity index (χ4v) is 7.44. The van der Waals surface area contributed by atoms with Crippen molar-refractivity contribution < 1.29 is 23.8 Å².